The molecule has 1 heterocycles. The molecule has 0 saturated heterocycles. The van der Waals surface area contributed by atoms with Gasteiger partial charge in [0, 0.05) is 17.0 Å². The van der Waals surface area contributed by atoms with Gasteiger partial charge >= 0.3 is 0 Å². The Balaban J connectivity index is 0.00000144. The molecule has 4 nitrogen and oxygen atoms in total. The monoisotopic (exact) mass is 389 g/mol. The highest BCUT2D eigenvalue weighted by Gasteiger charge is 2.21. The fourth-order valence-corrected chi connectivity index (χ4v) is 3.83. The number of methoxy groups -OCH3 is 1. The van der Waals surface area contributed by atoms with Gasteiger partial charge in [0.25, 0.3) is 0 Å². The molecule has 0 atom stereocenters. The maximum Gasteiger partial charge on any atom is 0.183 e. The van der Waals surface area contributed by atoms with Gasteiger partial charge in [-0.05, 0) is 50.3 Å². The quantitative estimate of drug-likeness (QED) is 0.784. The molecule has 2 aromatic rings. The van der Waals surface area contributed by atoms with Crippen LogP contribution in [0.3, 0.4) is 0 Å². The van der Waals surface area contributed by atoms with Crippen LogP contribution < -0.4 is 15.8 Å². The van der Waals surface area contributed by atoms with Crippen molar-refractivity contribution in [2.24, 2.45) is 11.7 Å². The van der Waals surface area contributed by atoms with Crippen LogP contribution in [0, 0.1) is 5.92 Å². The Hall–Kier alpha value is -1.01. The molecular weight excluding hydrogens is 365 g/mol. The summed E-state index contributed by atoms with van der Waals surface area (Å²) < 4.78 is 5.42. The zero-order valence-electron chi connectivity index (χ0n) is 13.7. The Morgan fingerprint density at radius 1 is 1.21 bits per heavy atom. The number of anilines is 1. The van der Waals surface area contributed by atoms with Crippen molar-refractivity contribution in [2.45, 2.75) is 31.7 Å². The summed E-state index contributed by atoms with van der Waals surface area (Å²) in [6.07, 6.45) is 4.81. The van der Waals surface area contributed by atoms with Gasteiger partial charge in [0.05, 0.1) is 12.8 Å². The molecule has 0 amide bonds. The van der Waals surface area contributed by atoms with Crippen LogP contribution in [0.4, 0.5) is 5.13 Å². The molecule has 3 rings (SSSR count). The molecule has 1 aromatic heterocycles. The van der Waals surface area contributed by atoms with Crippen molar-refractivity contribution in [1.29, 1.82) is 0 Å². The second-order valence-electron chi connectivity index (χ2n) is 5.84. The standard InChI is InChI=1S/C17H23N3OS.2ClH/c1-21-16-5-3-2-4-14(16)15-11-22-17(20-15)19-13-8-6-12(10-18)7-9-13;;/h2-5,11-13H,6-10,18H2,1H3,(H,19,20);2*1H. The zero-order chi connectivity index (χ0) is 15.4. The molecule has 0 bridgehead atoms. The van der Waals surface area contributed by atoms with Crippen LogP contribution in [0.25, 0.3) is 11.3 Å². The van der Waals surface area contributed by atoms with E-state index in [0.29, 0.717) is 12.0 Å². The first kappa shape index (κ1) is 21.0. The number of hydrogen-bond acceptors (Lipinski definition) is 5. The average Bonchev–Trinajstić information content (AvgIpc) is 3.04. The smallest absolute Gasteiger partial charge is 0.183 e. The van der Waals surface area contributed by atoms with Gasteiger partial charge in [0.2, 0.25) is 0 Å². The summed E-state index contributed by atoms with van der Waals surface area (Å²) in [5.74, 6) is 1.57. The first-order valence-electron chi connectivity index (χ1n) is 7.85. The van der Waals surface area contributed by atoms with Gasteiger partial charge in [-0.1, -0.05) is 12.1 Å². The fourth-order valence-electron chi connectivity index (χ4n) is 3.04. The summed E-state index contributed by atoms with van der Waals surface area (Å²) in [5.41, 5.74) is 7.77. The maximum atomic E-state index is 5.75. The number of aromatic nitrogens is 1. The first-order valence-corrected chi connectivity index (χ1v) is 8.73. The van der Waals surface area contributed by atoms with Crippen LogP contribution in [0.2, 0.25) is 0 Å². The van der Waals surface area contributed by atoms with E-state index in [1.807, 2.05) is 24.3 Å². The number of nitrogens with zero attached hydrogens (tertiary/aromatic N) is 1. The van der Waals surface area contributed by atoms with Crippen LogP contribution in [-0.2, 0) is 0 Å². The number of para-hydroxylation sites is 1. The van der Waals surface area contributed by atoms with Gasteiger partial charge in [-0.3, -0.25) is 0 Å². The molecule has 0 unspecified atom stereocenters. The van der Waals surface area contributed by atoms with Gasteiger partial charge in [0.15, 0.2) is 5.13 Å². The van der Waals surface area contributed by atoms with Crippen molar-refractivity contribution in [1.82, 2.24) is 4.98 Å². The van der Waals surface area contributed by atoms with E-state index >= 15 is 0 Å². The largest absolute Gasteiger partial charge is 0.496 e. The molecule has 1 fully saturated rings. The predicted molar refractivity (Wildman–Crippen MR) is 107 cm³/mol. The minimum atomic E-state index is 0. The SMILES string of the molecule is COc1ccccc1-c1csc(NC2CCC(CN)CC2)n1.Cl.Cl. The molecule has 0 aliphatic heterocycles. The Morgan fingerprint density at radius 2 is 1.92 bits per heavy atom. The number of halogens is 2. The second kappa shape index (κ2) is 10.1. The van der Waals surface area contributed by atoms with Crippen molar-refractivity contribution in [2.75, 3.05) is 19.0 Å². The molecule has 24 heavy (non-hydrogen) atoms. The summed E-state index contributed by atoms with van der Waals surface area (Å²) in [5, 5.41) is 6.67. The van der Waals surface area contributed by atoms with E-state index in [4.69, 9.17) is 15.5 Å². The average molecular weight is 390 g/mol. The van der Waals surface area contributed by atoms with E-state index in [1.54, 1.807) is 18.4 Å². The molecule has 0 spiro atoms. The number of thiazole rings is 1. The fraction of sp³-hybridized carbons (Fsp3) is 0.471. The second-order valence-corrected chi connectivity index (χ2v) is 6.69. The predicted octanol–water partition coefficient (Wildman–Crippen LogP) is 4.59. The number of benzene rings is 1. The topological polar surface area (TPSA) is 60.2 Å². The van der Waals surface area contributed by atoms with E-state index in [0.717, 1.165) is 28.7 Å². The van der Waals surface area contributed by atoms with Crippen molar-refractivity contribution < 1.29 is 4.74 Å². The lowest BCUT2D eigenvalue weighted by molar-refractivity contribution is 0.345. The maximum absolute atomic E-state index is 5.75. The number of ether oxygens (including phenoxy) is 1. The third-order valence-electron chi connectivity index (χ3n) is 4.39. The Bertz CT molecular complexity index is 615. The van der Waals surface area contributed by atoms with E-state index in [-0.39, 0.29) is 24.8 Å². The highest BCUT2D eigenvalue weighted by atomic mass is 35.5. The molecular formula is C17H25Cl2N3OS. The number of nitrogens with one attached hydrogen (secondary N) is 1. The van der Waals surface area contributed by atoms with Crippen LogP contribution in [0.1, 0.15) is 25.7 Å². The van der Waals surface area contributed by atoms with Gasteiger partial charge in [-0.15, -0.1) is 36.2 Å². The molecule has 1 aliphatic carbocycles. The Morgan fingerprint density at radius 3 is 2.58 bits per heavy atom. The molecule has 1 aromatic carbocycles. The highest BCUT2D eigenvalue weighted by molar-refractivity contribution is 7.14. The minimum Gasteiger partial charge on any atom is -0.496 e. The van der Waals surface area contributed by atoms with Crippen LogP contribution in [0.5, 0.6) is 5.75 Å². The highest BCUT2D eigenvalue weighted by Crippen LogP contribution is 2.33. The molecule has 3 N–H and O–H groups in total. The van der Waals surface area contributed by atoms with Crippen molar-refractivity contribution in [3.8, 4) is 17.0 Å². The summed E-state index contributed by atoms with van der Waals surface area (Å²) in [7, 11) is 1.69. The molecule has 1 saturated carbocycles. The van der Waals surface area contributed by atoms with Crippen LogP contribution in [-0.4, -0.2) is 24.7 Å². The normalized spacial score (nSPS) is 19.8. The third kappa shape index (κ3) is 4.99. The van der Waals surface area contributed by atoms with Crippen LogP contribution >= 0.6 is 36.2 Å². The number of hydrogen-bond donors (Lipinski definition) is 2. The van der Waals surface area contributed by atoms with Crippen molar-refractivity contribution in [3.05, 3.63) is 29.6 Å². The molecule has 1 aliphatic rings. The summed E-state index contributed by atoms with van der Waals surface area (Å²) >= 11 is 1.66. The van der Waals surface area contributed by atoms with E-state index < -0.39 is 0 Å². The molecule has 0 radical (unpaired) electrons. The summed E-state index contributed by atoms with van der Waals surface area (Å²) in [6, 6.07) is 8.53. The molecule has 134 valence electrons. The van der Waals surface area contributed by atoms with Gasteiger partial charge in [0.1, 0.15) is 5.75 Å². The summed E-state index contributed by atoms with van der Waals surface area (Å²) in [6.45, 7) is 0.821. The Kier molecular flexibility index (Phi) is 8.84. The van der Waals surface area contributed by atoms with Crippen LogP contribution in [0.15, 0.2) is 29.6 Å². The number of nitrogens with two attached hydrogens (primary N) is 1. The van der Waals surface area contributed by atoms with Gasteiger partial charge in [-0.2, -0.15) is 0 Å². The minimum absolute atomic E-state index is 0. The van der Waals surface area contributed by atoms with E-state index in [9.17, 15) is 0 Å². The van der Waals surface area contributed by atoms with Crippen molar-refractivity contribution >= 4 is 41.3 Å². The van der Waals surface area contributed by atoms with E-state index in [2.05, 4.69) is 10.7 Å². The lowest BCUT2D eigenvalue weighted by Crippen LogP contribution is -2.29. The molecule has 7 heteroatoms. The van der Waals surface area contributed by atoms with Gasteiger partial charge in [-0.25, -0.2) is 4.98 Å². The van der Waals surface area contributed by atoms with Crippen molar-refractivity contribution in [3.63, 3.8) is 0 Å². The lowest BCUT2D eigenvalue weighted by atomic mass is 9.86. The van der Waals surface area contributed by atoms with E-state index in [1.165, 1.54) is 25.7 Å². The zero-order valence-corrected chi connectivity index (χ0v) is 16.2. The third-order valence-corrected chi connectivity index (χ3v) is 5.17. The lowest BCUT2D eigenvalue weighted by Gasteiger charge is -2.28. The van der Waals surface area contributed by atoms with Gasteiger partial charge < -0.3 is 15.8 Å². The summed E-state index contributed by atoms with van der Waals surface area (Å²) in [4.78, 5) is 4.73. The number of rotatable bonds is 5. The first-order chi connectivity index (χ1) is 10.8. The Labute approximate surface area is 160 Å².